The molecule has 72 heavy (non-hydrogen) atoms. The van der Waals surface area contributed by atoms with E-state index in [-0.39, 0.29) is 37.5 Å². The van der Waals surface area contributed by atoms with Gasteiger partial charge in [-0.2, -0.15) is 0 Å². The van der Waals surface area contributed by atoms with Crippen molar-refractivity contribution < 1.29 is 28.6 Å². The number of carbonyl (C=O) groups is 3. The molecule has 0 amide bonds. The lowest BCUT2D eigenvalue weighted by Crippen LogP contribution is -2.30. The minimum absolute atomic E-state index is 0.111. The molecule has 0 aliphatic carbocycles. The molecule has 0 saturated carbocycles. The van der Waals surface area contributed by atoms with E-state index >= 15 is 0 Å². The van der Waals surface area contributed by atoms with Crippen LogP contribution in [-0.2, 0) is 28.6 Å². The van der Waals surface area contributed by atoms with Crippen molar-refractivity contribution in [3.8, 4) is 0 Å². The maximum atomic E-state index is 12.9. The Morgan fingerprint density at radius 3 is 0.847 bits per heavy atom. The average Bonchev–Trinajstić information content (AvgIpc) is 3.38. The van der Waals surface area contributed by atoms with E-state index in [1.54, 1.807) is 0 Å². The lowest BCUT2D eigenvalue weighted by molar-refractivity contribution is -0.167. The zero-order chi connectivity index (χ0) is 52.2. The molecule has 6 nitrogen and oxygen atoms in total. The molecule has 0 bridgehead atoms. The molecule has 0 heterocycles. The van der Waals surface area contributed by atoms with E-state index in [1.807, 2.05) is 60.8 Å². The molecule has 6 heteroatoms. The Morgan fingerprint density at radius 1 is 0.278 bits per heavy atom. The summed E-state index contributed by atoms with van der Waals surface area (Å²) in [4.78, 5) is 38.2. The first-order valence-electron chi connectivity index (χ1n) is 29.0. The summed E-state index contributed by atoms with van der Waals surface area (Å²) in [5, 5.41) is 0. The van der Waals surface area contributed by atoms with E-state index in [9.17, 15) is 14.4 Å². The number of rotatable bonds is 50. The normalized spacial score (nSPS) is 13.2. The van der Waals surface area contributed by atoms with E-state index < -0.39 is 6.10 Å². The highest BCUT2D eigenvalue weighted by atomic mass is 16.6. The molecule has 0 radical (unpaired) electrons. The molecular weight excluding hydrogens is 889 g/mol. The van der Waals surface area contributed by atoms with Gasteiger partial charge in [0, 0.05) is 19.3 Å². The summed E-state index contributed by atoms with van der Waals surface area (Å²) in [6.07, 6.45) is 83.9. The van der Waals surface area contributed by atoms with Gasteiger partial charge >= 0.3 is 17.9 Å². The molecule has 0 aromatic carbocycles. The second-order valence-corrected chi connectivity index (χ2v) is 18.8. The fourth-order valence-corrected chi connectivity index (χ4v) is 7.43. The largest absolute Gasteiger partial charge is 0.462 e. The molecule has 0 aromatic heterocycles. The second kappa shape index (κ2) is 58.9. The van der Waals surface area contributed by atoms with Crippen LogP contribution in [0.5, 0.6) is 0 Å². The van der Waals surface area contributed by atoms with Crippen LogP contribution in [0.4, 0.5) is 0 Å². The number of allylic oxidation sites excluding steroid dienone is 24. The van der Waals surface area contributed by atoms with Gasteiger partial charge < -0.3 is 14.2 Å². The number of esters is 3. The topological polar surface area (TPSA) is 78.9 Å². The van der Waals surface area contributed by atoms with Gasteiger partial charge in [0.25, 0.3) is 0 Å². The highest BCUT2D eigenvalue weighted by molar-refractivity contribution is 5.71. The van der Waals surface area contributed by atoms with E-state index in [1.165, 1.54) is 64.2 Å². The van der Waals surface area contributed by atoms with Gasteiger partial charge in [0.05, 0.1) is 0 Å². The maximum absolute atomic E-state index is 12.9. The van der Waals surface area contributed by atoms with Crippen molar-refractivity contribution in [2.45, 2.75) is 239 Å². The predicted octanol–water partition coefficient (Wildman–Crippen LogP) is 19.6. The first-order chi connectivity index (χ1) is 35.5. The van der Waals surface area contributed by atoms with E-state index in [0.717, 1.165) is 128 Å². The lowest BCUT2D eigenvalue weighted by atomic mass is 10.1. The van der Waals surface area contributed by atoms with E-state index in [4.69, 9.17) is 14.2 Å². The van der Waals surface area contributed by atoms with Crippen LogP contribution in [0.1, 0.15) is 233 Å². The molecule has 1 atom stereocenters. The minimum atomic E-state index is -0.817. The molecule has 0 aliphatic heterocycles. The third-order valence-corrected chi connectivity index (χ3v) is 11.8. The Balaban J connectivity index is 4.57. The Kier molecular flexibility index (Phi) is 55.0. The van der Waals surface area contributed by atoms with E-state index in [2.05, 4.69) is 106 Å². The molecule has 0 spiro atoms. The summed E-state index contributed by atoms with van der Waals surface area (Å²) >= 11 is 0. The van der Waals surface area contributed by atoms with Gasteiger partial charge in [0.15, 0.2) is 6.10 Å². The molecule has 1 unspecified atom stereocenters. The van der Waals surface area contributed by atoms with Gasteiger partial charge in [-0.1, -0.05) is 276 Å². The van der Waals surface area contributed by atoms with Crippen LogP contribution >= 0.6 is 0 Å². The molecule has 0 fully saturated rings. The van der Waals surface area contributed by atoms with Crippen molar-refractivity contribution in [1.29, 1.82) is 0 Å². The highest BCUT2D eigenvalue weighted by Crippen LogP contribution is 2.14. The summed E-state index contributed by atoms with van der Waals surface area (Å²) in [6, 6.07) is 0. The summed E-state index contributed by atoms with van der Waals surface area (Å²) in [5.74, 6) is -0.981. The summed E-state index contributed by atoms with van der Waals surface area (Å²) in [7, 11) is 0. The van der Waals surface area contributed by atoms with Gasteiger partial charge in [-0.25, -0.2) is 0 Å². The number of hydrogen-bond donors (Lipinski definition) is 0. The fraction of sp³-hybridized carbons (Fsp3) is 0.591. The molecule has 0 aliphatic rings. The smallest absolute Gasteiger partial charge is 0.306 e. The Labute approximate surface area is 442 Å². The molecular formula is C66H104O6. The Hall–Kier alpha value is -4.71. The monoisotopic (exact) mass is 993 g/mol. The zero-order valence-electron chi connectivity index (χ0n) is 46.1. The van der Waals surface area contributed by atoms with Crippen LogP contribution in [0.3, 0.4) is 0 Å². The van der Waals surface area contributed by atoms with Crippen LogP contribution in [0.2, 0.25) is 0 Å². The number of ether oxygens (including phenoxy) is 3. The first kappa shape index (κ1) is 67.3. The van der Waals surface area contributed by atoms with Crippen molar-refractivity contribution in [3.63, 3.8) is 0 Å². The van der Waals surface area contributed by atoms with Crippen LogP contribution in [-0.4, -0.2) is 37.2 Å². The quantitative estimate of drug-likeness (QED) is 0.0261. The summed E-state index contributed by atoms with van der Waals surface area (Å²) in [5.41, 5.74) is 0. The van der Waals surface area contributed by atoms with Gasteiger partial charge in [0.2, 0.25) is 0 Å². The van der Waals surface area contributed by atoms with Crippen LogP contribution in [0.15, 0.2) is 146 Å². The summed E-state index contributed by atoms with van der Waals surface area (Å²) < 4.78 is 16.8. The number of unbranched alkanes of at least 4 members (excludes halogenated alkanes) is 24. The summed E-state index contributed by atoms with van der Waals surface area (Å²) in [6.45, 7) is 6.39. The van der Waals surface area contributed by atoms with Gasteiger partial charge in [-0.15, -0.1) is 0 Å². The van der Waals surface area contributed by atoms with Gasteiger partial charge in [-0.3, -0.25) is 14.4 Å². The van der Waals surface area contributed by atoms with Gasteiger partial charge in [-0.05, 0) is 83.5 Å². The minimum Gasteiger partial charge on any atom is -0.462 e. The van der Waals surface area contributed by atoms with Crippen LogP contribution in [0.25, 0.3) is 0 Å². The van der Waals surface area contributed by atoms with Gasteiger partial charge in [0.1, 0.15) is 13.2 Å². The first-order valence-corrected chi connectivity index (χ1v) is 29.0. The van der Waals surface area contributed by atoms with Crippen molar-refractivity contribution in [2.24, 2.45) is 0 Å². The van der Waals surface area contributed by atoms with Crippen LogP contribution < -0.4 is 0 Å². The molecule has 404 valence electrons. The third kappa shape index (κ3) is 56.2. The van der Waals surface area contributed by atoms with Crippen LogP contribution in [0, 0.1) is 0 Å². The lowest BCUT2D eigenvalue weighted by Gasteiger charge is -2.18. The Bertz CT molecular complexity index is 1610. The zero-order valence-corrected chi connectivity index (χ0v) is 46.1. The van der Waals surface area contributed by atoms with Crippen molar-refractivity contribution in [1.82, 2.24) is 0 Å². The molecule has 0 aromatic rings. The van der Waals surface area contributed by atoms with Crippen molar-refractivity contribution in [3.05, 3.63) is 146 Å². The Morgan fingerprint density at radius 2 is 0.528 bits per heavy atom. The number of hydrogen-bond acceptors (Lipinski definition) is 6. The highest BCUT2D eigenvalue weighted by Gasteiger charge is 2.19. The third-order valence-electron chi connectivity index (χ3n) is 11.8. The predicted molar refractivity (Wildman–Crippen MR) is 311 cm³/mol. The standard InChI is InChI=1S/C66H104O6/c1-4-7-10-13-16-19-22-25-28-31-34-37-40-43-46-49-52-55-58-64(67)70-61-63(72-66(69)60-57-54-51-48-45-42-39-36-33-30-27-24-21-18-15-12-9-6-3)62-71-65(68)59-56-53-50-47-44-41-38-35-32-29-26-23-20-17-14-11-8-5-2/h10,12-13,15-16,18-19,21-22,24-25,27-39,63H,4-9,11,14,17,20,23,26,40-62H2,1-3H3/b13-10-,15-12-,19-16-,21-18-,25-22-,27-24-,31-28-,32-29-,33-30-,37-34-,38-35-,39-36-. The second-order valence-electron chi connectivity index (χ2n) is 18.8. The van der Waals surface area contributed by atoms with Crippen molar-refractivity contribution >= 4 is 17.9 Å². The fourth-order valence-electron chi connectivity index (χ4n) is 7.43. The maximum Gasteiger partial charge on any atom is 0.306 e. The molecule has 0 saturated heterocycles. The SMILES string of the molecule is CCC\C=C/C=C\C=C/C=C\C=C/CCCCCCCC(=O)OCC(COC(=O)CCCCCCC/C=C\C=C/CCCCCCCCC)OC(=O)CCCCCCC\C=C/C=C\C=C/C=C\C=C/CCC. The number of carbonyl (C=O) groups excluding carboxylic acids is 3. The average molecular weight is 994 g/mol. The molecule has 0 N–H and O–H groups in total. The van der Waals surface area contributed by atoms with E-state index in [0.29, 0.717) is 12.8 Å². The molecule has 0 rings (SSSR count). The van der Waals surface area contributed by atoms with Crippen molar-refractivity contribution in [2.75, 3.05) is 13.2 Å².